The van der Waals surface area contributed by atoms with Gasteiger partial charge in [-0.2, -0.15) is 0 Å². The number of piperidine rings is 1. The summed E-state index contributed by atoms with van der Waals surface area (Å²) in [5.74, 6) is 0.958. The number of likely N-dealkylation sites (tertiary alicyclic amines) is 1. The first-order valence-electron chi connectivity index (χ1n) is 6.21. The molecule has 0 saturated carbocycles. The molecule has 1 rings (SSSR count). The van der Waals surface area contributed by atoms with E-state index in [0.29, 0.717) is 0 Å². The minimum atomic E-state index is 0.958. The van der Waals surface area contributed by atoms with E-state index in [0.717, 1.165) is 5.92 Å². The van der Waals surface area contributed by atoms with Crippen molar-refractivity contribution in [1.82, 2.24) is 9.80 Å². The molecule has 0 atom stereocenters. The Labute approximate surface area is 89.3 Å². The van der Waals surface area contributed by atoms with Gasteiger partial charge in [0.2, 0.25) is 0 Å². The molecule has 84 valence electrons. The zero-order chi connectivity index (χ0) is 10.4. The van der Waals surface area contributed by atoms with Crippen LogP contribution in [0, 0.1) is 5.92 Å². The number of rotatable bonds is 5. The topological polar surface area (TPSA) is 6.48 Å². The highest BCUT2D eigenvalue weighted by Crippen LogP contribution is 2.15. The molecule has 0 N–H and O–H groups in total. The molecule has 1 aliphatic heterocycles. The Morgan fingerprint density at radius 3 is 2.21 bits per heavy atom. The van der Waals surface area contributed by atoms with E-state index in [1.54, 1.807) is 0 Å². The molecule has 0 aliphatic carbocycles. The zero-order valence-corrected chi connectivity index (χ0v) is 10.1. The molecule has 2 heteroatoms. The lowest BCUT2D eigenvalue weighted by molar-refractivity contribution is 0.165. The average Bonchev–Trinajstić information content (AvgIpc) is 2.22. The van der Waals surface area contributed by atoms with Crippen LogP contribution in [-0.2, 0) is 0 Å². The number of hydrogen-bond acceptors (Lipinski definition) is 2. The second kappa shape index (κ2) is 6.41. The second-order valence-corrected chi connectivity index (χ2v) is 4.55. The van der Waals surface area contributed by atoms with Gasteiger partial charge < -0.3 is 9.80 Å². The molecule has 0 aromatic carbocycles. The average molecular weight is 198 g/mol. The minimum absolute atomic E-state index is 0.958. The summed E-state index contributed by atoms with van der Waals surface area (Å²) in [4.78, 5) is 5.14. The van der Waals surface area contributed by atoms with Crippen molar-refractivity contribution in [2.45, 2.75) is 33.6 Å². The van der Waals surface area contributed by atoms with Crippen LogP contribution in [0.1, 0.15) is 33.6 Å². The Kier molecular flexibility index (Phi) is 5.49. The maximum atomic E-state index is 2.62. The maximum absolute atomic E-state index is 2.62. The summed E-state index contributed by atoms with van der Waals surface area (Å²) in [5.41, 5.74) is 0. The predicted molar refractivity (Wildman–Crippen MR) is 62.6 cm³/mol. The van der Waals surface area contributed by atoms with E-state index in [1.807, 2.05) is 0 Å². The van der Waals surface area contributed by atoms with Crippen molar-refractivity contribution in [1.29, 1.82) is 0 Å². The van der Waals surface area contributed by atoms with E-state index in [1.165, 1.54) is 52.1 Å². The number of nitrogens with zero attached hydrogens (tertiary/aromatic N) is 2. The third-order valence-electron chi connectivity index (χ3n) is 3.50. The van der Waals surface area contributed by atoms with Gasteiger partial charge in [-0.1, -0.05) is 20.8 Å². The van der Waals surface area contributed by atoms with E-state index >= 15 is 0 Å². The summed E-state index contributed by atoms with van der Waals surface area (Å²) in [7, 11) is 0. The molecule has 1 fully saturated rings. The SMILES string of the molecule is CCN(CC)CCN1CCC(C)CC1. The molecule has 1 saturated heterocycles. The Bertz CT molecular complexity index is 135. The Morgan fingerprint density at radius 2 is 1.71 bits per heavy atom. The summed E-state index contributed by atoms with van der Waals surface area (Å²) in [5, 5.41) is 0. The summed E-state index contributed by atoms with van der Waals surface area (Å²) in [6, 6.07) is 0. The van der Waals surface area contributed by atoms with Crippen molar-refractivity contribution in [2.75, 3.05) is 39.3 Å². The second-order valence-electron chi connectivity index (χ2n) is 4.55. The van der Waals surface area contributed by atoms with Gasteiger partial charge in [-0.25, -0.2) is 0 Å². The van der Waals surface area contributed by atoms with Crippen LogP contribution in [0.15, 0.2) is 0 Å². The fourth-order valence-corrected chi connectivity index (χ4v) is 2.11. The molecular weight excluding hydrogens is 172 g/mol. The van der Waals surface area contributed by atoms with E-state index in [9.17, 15) is 0 Å². The van der Waals surface area contributed by atoms with Gasteiger partial charge in [-0.3, -0.25) is 0 Å². The van der Waals surface area contributed by atoms with Gasteiger partial charge in [0.1, 0.15) is 0 Å². The normalized spacial score (nSPS) is 20.6. The van der Waals surface area contributed by atoms with Crippen LogP contribution in [0.3, 0.4) is 0 Å². The molecule has 0 amide bonds. The van der Waals surface area contributed by atoms with Crippen molar-refractivity contribution >= 4 is 0 Å². The van der Waals surface area contributed by atoms with Crippen molar-refractivity contribution in [3.8, 4) is 0 Å². The monoisotopic (exact) mass is 198 g/mol. The van der Waals surface area contributed by atoms with Gasteiger partial charge in [0.25, 0.3) is 0 Å². The third kappa shape index (κ3) is 3.97. The van der Waals surface area contributed by atoms with Gasteiger partial charge in [0.05, 0.1) is 0 Å². The number of likely N-dealkylation sites (N-methyl/N-ethyl adjacent to an activating group) is 1. The Hall–Kier alpha value is -0.0800. The Morgan fingerprint density at radius 1 is 1.14 bits per heavy atom. The molecule has 14 heavy (non-hydrogen) atoms. The molecule has 0 spiro atoms. The third-order valence-corrected chi connectivity index (χ3v) is 3.50. The number of hydrogen-bond donors (Lipinski definition) is 0. The minimum Gasteiger partial charge on any atom is -0.303 e. The summed E-state index contributed by atoms with van der Waals surface area (Å²) in [6.07, 6.45) is 2.80. The van der Waals surface area contributed by atoms with Crippen LogP contribution >= 0.6 is 0 Å². The first-order chi connectivity index (χ1) is 6.76. The zero-order valence-electron chi connectivity index (χ0n) is 10.1. The van der Waals surface area contributed by atoms with Crippen molar-refractivity contribution in [3.63, 3.8) is 0 Å². The van der Waals surface area contributed by atoms with Gasteiger partial charge in [-0.05, 0) is 44.9 Å². The molecule has 0 unspecified atom stereocenters. The first kappa shape index (κ1) is 12.0. The lowest BCUT2D eigenvalue weighted by Gasteiger charge is -2.31. The standard InChI is InChI=1S/C12H26N2/c1-4-13(5-2)10-11-14-8-6-12(3)7-9-14/h12H,4-11H2,1-3H3. The summed E-state index contributed by atoms with van der Waals surface area (Å²) >= 11 is 0. The van der Waals surface area contributed by atoms with Crippen LogP contribution in [0.25, 0.3) is 0 Å². The molecule has 0 aromatic rings. The lowest BCUT2D eigenvalue weighted by Crippen LogP contribution is -2.39. The summed E-state index contributed by atoms with van der Waals surface area (Å²) < 4.78 is 0. The van der Waals surface area contributed by atoms with Crippen LogP contribution < -0.4 is 0 Å². The molecule has 1 heterocycles. The largest absolute Gasteiger partial charge is 0.303 e. The van der Waals surface area contributed by atoms with E-state index in [2.05, 4.69) is 30.6 Å². The highest BCUT2D eigenvalue weighted by Gasteiger charge is 2.15. The van der Waals surface area contributed by atoms with Gasteiger partial charge >= 0.3 is 0 Å². The first-order valence-corrected chi connectivity index (χ1v) is 6.21. The summed E-state index contributed by atoms with van der Waals surface area (Å²) in [6.45, 7) is 14.4. The van der Waals surface area contributed by atoms with E-state index in [4.69, 9.17) is 0 Å². The molecule has 2 nitrogen and oxygen atoms in total. The van der Waals surface area contributed by atoms with Gasteiger partial charge in [0.15, 0.2) is 0 Å². The molecule has 0 bridgehead atoms. The lowest BCUT2D eigenvalue weighted by atomic mass is 9.99. The quantitative estimate of drug-likeness (QED) is 0.667. The van der Waals surface area contributed by atoms with Crippen molar-refractivity contribution in [2.24, 2.45) is 5.92 Å². The molecule has 0 aromatic heterocycles. The fraction of sp³-hybridized carbons (Fsp3) is 1.00. The van der Waals surface area contributed by atoms with Crippen molar-refractivity contribution < 1.29 is 0 Å². The highest BCUT2D eigenvalue weighted by molar-refractivity contribution is 4.70. The fourth-order valence-electron chi connectivity index (χ4n) is 2.11. The molecule has 0 radical (unpaired) electrons. The van der Waals surface area contributed by atoms with Crippen LogP contribution in [0.4, 0.5) is 0 Å². The molecular formula is C12H26N2. The smallest absolute Gasteiger partial charge is 0.0109 e. The predicted octanol–water partition coefficient (Wildman–Crippen LogP) is 2.06. The van der Waals surface area contributed by atoms with Gasteiger partial charge in [0, 0.05) is 13.1 Å². The van der Waals surface area contributed by atoms with E-state index < -0.39 is 0 Å². The maximum Gasteiger partial charge on any atom is 0.0109 e. The van der Waals surface area contributed by atoms with Crippen LogP contribution in [0.5, 0.6) is 0 Å². The Balaban J connectivity index is 2.12. The highest BCUT2D eigenvalue weighted by atomic mass is 15.2. The van der Waals surface area contributed by atoms with Gasteiger partial charge in [-0.15, -0.1) is 0 Å². The molecule has 1 aliphatic rings. The van der Waals surface area contributed by atoms with Crippen LogP contribution in [0.2, 0.25) is 0 Å². The van der Waals surface area contributed by atoms with Crippen molar-refractivity contribution in [3.05, 3.63) is 0 Å². The van der Waals surface area contributed by atoms with E-state index in [-0.39, 0.29) is 0 Å². The van der Waals surface area contributed by atoms with Crippen LogP contribution in [-0.4, -0.2) is 49.1 Å².